The zero-order valence-electron chi connectivity index (χ0n) is 10.2. The van der Waals surface area contributed by atoms with Crippen LogP contribution >= 0.6 is 10.8 Å². The Labute approximate surface area is 108 Å². The molecule has 18 heavy (non-hydrogen) atoms. The van der Waals surface area contributed by atoms with Gasteiger partial charge in [0.2, 0.25) is 0 Å². The second kappa shape index (κ2) is 3.69. The molecular formula is C11H15F3O2S2. The molecule has 2 bridgehead atoms. The lowest BCUT2D eigenvalue weighted by Crippen LogP contribution is -2.33. The Balaban J connectivity index is 2.34. The van der Waals surface area contributed by atoms with Gasteiger partial charge in [0.05, 0.1) is 4.75 Å². The smallest absolute Gasteiger partial charge is 0.208 e. The van der Waals surface area contributed by atoms with E-state index in [9.17, 15) is 21.6 Å². The van der Waals surface area contributed by atoms with Crippen molar-refractivity contribution in [3.8, 4) is 0 Å². The van der Waals surface area contributed by atoms with Gasteiger partial charge in [0, 0.05) is 0 Å². The molecule has 2 fully saturated rings. The van der Waals surface area contributed by atoms with E-state index in [1.165, 1.54) is 0 Å². The number of alkyl halides is 3. The Morgan fingerprint density at radius 3 is 2.33 bits per heavy atom. The summed E-state index contributed by atoms with van der Waals surface area (Å²) in [5, 5.41) is 0. The molecule has 0 amide bonds. The molecule has 2 rings (SSSR count). The maximum Gasteiger partial charge on any atom is 0.507 e. The monoisotopic (exact) mass is 300 g/mol. The molecule has 7 heteroatoms. The first kappa shape index (κ1) is 14.2. The lowest BCUT2D eigenvalue weighted by molar-refractivity contribution is -0.0410. The minimum atomic E-state index is -5.20. The van der Waals surface area contributed by atoms with Gasteiger partial charge in [0.25, 0.3) is 0 Å². The van der Waals surface area contributed by atoms with Crippen LogP contribution in [0.5, 0.6) is 0 Å². The molecule has 1 unspecified atom stereocenters. The Bertz CT molecular complexity index is 493. The fourth-order valence-corrected chi connectivity index (χ4v) is 6.76. The molecule has 2 saturated carbocycles. The highest BCUT2D eigenvalue weighted by atomic mass is 33.1. The second-order valence-corrected chi connectivity index (χ2v) is 9.75. The lowest BCUT2D eigenvalue weighted by atomic mass is 9.73. The molecule has 0 aliphatic heterocycles. The summed E-state index contributed by atoms with van der Waals surface area (Å²) in [6.07, 6.45) is 1.73. The predicted molar refractivity (Wildman–Crippen MR) is 65.6 cm³/mol. The summed E-state index contributed by atoms with van der Waals surface area (Å²) in [7, 11) is -5.09. The molecule has 2 nitrogen and oxygen atoms in total. The number of fused-ring (bicyclic) bond motifs is 2. The summed E-state index contributed by atoms with van der Waals surface area (Å²) in [5.74, 6) is 0.237. The topological polar surface area (TPSA) is 34.1 Å². The molecule has 2 atom stereocenters. The van der Waals surface area contributed by atoms with Crippen molar-refractivity contribution in [1.82, 2.24) is 0 Å². The third-order valence-electron chi connectivity index (χ3n) is 4.37. The van der Waals surface area contributed by atoms with Crippen LogP contribution in [0.25, 0.3) is 0 Å². The fourth-order valence-electron chi connectivity index (χ4n) is 3.12. The minimum Gasteiger partial charge on any atom is -0.208 e. The quantitative estimate of drug-likeness (QED) is 0.576. The van der Waals surface area contributed by atoms with Crippen LogP contribution in [0.2, 0.25) is 0 Å². The highest BCUT2D eigenvalue weighted by Crippen LogP contribution is 2.67. The van der Waals surface area contributed by atoms with E-state index in [0.717, 1.165) is 6.42 Å². The van der Waals surface area contributed by atoms with Crippen LogP contribution in [0.4, 0.5) is 13.2 Å². The zero-order valence-corrected chi connectivity index (χ0v) is 11.8. The third kappa shape index (κ3) is 1.81. The first-order chi connectivity index (χ1) is 7.92. The summed E-state index contributed by atoms with van der Waals surface area (Å²) in [4.78, 5) is 0. The van der Waals surface area contributed by atoms with Crippen molar-refractivity contribution >= 4 is 19.7 Å². The summed E-state index contributed by atoms with van der Waals surface area (Å²) in [6, 6.07) is 0. The Kier molecular flexibility index (Phi) is 2.92. The predicted octanol–water partition coefficient (Wildman–Crippen LogP) is 3.70. The van der Waals surface area contributed by atoms with Crippen LogP contribution in [0.15, 0.2) is 12.2 Å². The van der Waals surface area contributed by atoms with Crippen molar-refractivity contribution in [3.05, 3.63) is 12.2 Å². The summed E-state index contributed by atoms with van der Waals surface area (Å²) in [5.41, 5.74) is -4.83. The maximum atomic E-state index is 12.5. The summed E-state index contributed by atoms with van der Waals surface area (Å²) < 4.78 is 59.2. The molecule has 2 aliphatic carbocycles. The van der Waals surface area contributed by atoms with Crippen molar-refractivity contribution < 1.29 is 21.6 Å². The zero-order chi connectivity index (χ0) is 14.0. The molecule has 0 spiro atoms. The summed E-state index contributed by atoms with van der Waals surface area (Å²) in [6.45, 7) is 7.74. The van der Waals surface area contributed by atoms with Crippen molar-refractivity contribution in [2.24, 2.45) is 11.3 Å². The van der Waals surface area contributed by atoms with Gasteiger partial charge in [-0.05, 0) is 41.4 Å². The highest BCUT2D eigenvalue weighted by Gasteiger charge is 2.62. The molecule has 104 valence electrons. The standard InChI is InChI=1S/C11H15F3O2S2/c1-7-9(2,3)8-4-5-10(7,6-8)17-18(15,16)11(12,13)14/h8H,1,4-6H2,2-3H3/t8?,10-/m1/s1. The van der Waals surface area contributed by atoms with Gasteiger partial charge in [0.15, 0.2) is 0 Å². The van der Waals surface area contributed by atoms with E-state index in [2.05, 4.69) is 6.58 Å². The average molecular weight is 300 g/mol. The largest absolute Gasteiger partial charge is 0.507 e. The number of rotatable bonds is 2. The molecule has 2 aliphatic rings. The van der Waals surface area contributed by atoms with Crippen LogP contribution in [0.3, 0.4) is 0 Å². The van der Waals surface area contributed by atoms with E-state index in [0.29, 0.717) is 18.4 Å². The van der Waals surface area contributed by atoms with Crippen LogP contribution in [-0.2, 0) is 8.87 Å². The average Bonchev–Trinajstić information content (AvgIpc) is 2.65. The lowest BCUT2D eigenvalue weighted by Gasteiger charge is -2.37. The molecule has 0 N–H and O–H groups in total. The number of hydrogen-bond acceptors (Lipinski definition) is 3. The Hall–Kier alpha value is -0.170. The number of halogens is 3. The van der Waals surface area contributed by atoms with Crippen molar-refractivity contribution in [2.75, 3.05) is 0 Å². The summed E-state index contributed by atoms with van der Waals surface area (Å²) >= 11 is 0. The third-order valence-corrected chi connectivity index (χ3v) is 8.28. The normalized spacial score (nSPS) is 35.2. The fraction of sp³-hybridized carbons (Fsp3) is 0.818. The molecule has 0 heterocycles. The van der Waals surface area contributed by atoms with Gasteiger partial charge in [0.1, 0.15) is 0 Å². The first-order valence-corrected chi connectivity index (χ1v) is 8.46. The van der Waals surface area contributed by atoms with Crippen molar-refractivity contribution in [2.45, 2.75) is 43.4 Å². The van der Waals surface area contributed by atoms with Gasteiger partial charge >= 0.3 is 14.4 Å². The van der Waals surface area contributed by atoms with E-state index in [1.807, 2.05) is 13.8 Å². The maximum absolute atomic E-state index is 12.5. The molecule has 0 aromatic rings. The van der Waals surface area contributed by atoms with Crippen molar-refractivity contribution in [3.63, 3.8) is 0 Å². The van der Waals surface area contributed by atoms with Crippen molar-refractivity contribution in [1.29, 1.82) is 0 Å². The van der Waals surface area contributed by atoms with Gasteiger partial charge in [-0.2, -0.15) is 13.2 Å². The SMILES string of the molecule is C=C1C(C)(C)C2CC[C@@]1(SS(=O)(=O)C(F)(F)F)C2. The van der Waals surface area contributed by atoms with Gasteiger partial charge in [-0.15, -0.1) is 0 Å². The van der Waals surface area contributed by atoms with Gasteiger partial charge in [-0.25, -0.2) is 8.42 Å². The van der Waals surface area contributed by atoms with Gasteiger partial charge < -0.3 is 0 Å². The van der Waals surface area contributed by atoms with E-state index >= 15 is 0 Å². The molecular weight excluding hydrogens is 285 g/mol. The first-order valence-electron chi connectivity index (χ1n) is 5.64. The molecule has 0 radical (unpaired) electrons. The highest BCUT2D eigenvalue weighted by molar-refractivity contribution is 8.72. The molecule has 0 aromatic carbocycles. The van der Waals surface area contributed by atoms with Crippen LogP contribution in [0, 0.1) is 11.3 Å². The Morgan fingerprint density at radius 1 is 1.39 bits per heavy atom. The van der Waals surface area contributed by atoms with E-state index in [4.69, 9.17) is 0 Å². The molecule has 0 saturated heterocycles. The number of hydrogen-bond donors (Lipinski definition) is 0. The second-order valence-electron chi connectivity index (χ2n) is 5.62. The van der Waals surface area contributed by atoms with Crippen LogP contribution in [0.1, 0.15) is 33.1 Å². The van der Waals surface area contributed by atoms with E-state index in [1.54, 1.807) is 0 Å². The van der Waals surface area contributed by atoms with Crippen LogP contribution < -0.4 is 0 Å². The molecule has 0 aromatic heterocycles. The Morgan fingerprint density at radius 2 is 1.94 bits per heavy atom. The van der Waals surface area contributed by atoms with Crippen LogP contribution in [-0.4, -0.2) is 18.7 Å². The van der Waals surface area contributed by atoms with E-state index in [-0.39, 0.29) is 22.1 Å². The van der Waals surface area contributed by atoms with E-state index < -0.39 is 19.1 Å². The van der Waals surface area contributed by atoms with Gasteiger partial charge in [-0.3, -0.25) is 0 Å². The minimum absolute atomic E-state index is 0.0636. The van der Waals surface area contributed by atoms with Gasteiger partial charge in [-0.1, -0.05) is 26.0 Å².